The fourth-order valence-electron chi connectivity index (χ4n) is 2.14. The van der Waals surface area contributed by atoms with Crippen LogP contribution < -0.4 is 10.6 Å². The maximum atomic E-state index is 12.9. The van der Waals surface area contributed by atoms with E-state index in [-0.39, 0.29) is 17.5 Å². The average Bonchev–Trinajstić information content (AvgIpc) is 3.11. The van der Waals surface area contributed by atoms with Crippen LogP contribution in [0.2, 0.25) is 0 Å². The summed E-state index contributed by atoms with van der Waals surface area (Å²) in [6.07, 6.45) is -7.06. The average molecular weight is 419 g/mol. The first-order chi connectivity index (χ1) is 12.7. The zero-order valence-electron chi connectivity index (χ0n) is 13.5. The lowest BCUT2D eigenvalue weighted by atomic mass is 10.3. The summed E-state index contributed by atoms with van der Waals surface area (Å²) >= 11 is 2.39. The Bertz CT molecular complexity index is 906. The molecule has 1 unspecified atom stereocenters. The van der Waals surface area contributed by atoms with Gasteiger partial charge in [-0.05, 0) is 30.3 Å². The van der Waals surface area contributed by atoms with Gasteiger partial charge in [0.25, 0.3) is 0 Å². The number of benzene rings is 1. The van der Waals surface area contributed by atoms with Crippen molar-refractivity contribution in [2.24, 2.45) is 0 Å². The number of carbonyl (C=O) groups is 1. The van der Waals surface area contributed by atoms with Gasteiger partial charge in [0.1, 0.15) is 10.6 Å². The van der Waals surface area contributed by atoms with Gasteiger partial charge in [-0.15, -0.1) is 11.3 Å². The largest absolute Gasteiger partial charge is 0.416 e. The second-order valence-corrected chi connectivity index (χ2v) is 7.72. The van der Waals surface area contributed by atoms with Gasteiger partial charge < -0.3 is 15.7 Å². The molecule has 3 rings (SSSR count). The first-order valence-corrected chi connectivity index (χ1v) is 9.27. The van der Waals surface area contributed by atoms with Crippen LogP contribution in [-0.4, -0.2) is 34.8 Å². The zero-order chi connectivity index (χ0) is 19.6. The highest BCUT2D eigenvalue weighted by molar-refractivity contribution is 7.29. The van der Waals surface area contributed by atoms with Crippen molar-refractivity contribution in [1.82, 2.24) is 4.98 Å². The summed E-state index contributed by atoms with van der Waals surface area (Å²) < 4.78 is 50.4. The smallest absolute Gasteiger partial charge is 0.382 e. The second kappa shape index (κ2) is 7.79. The SMILES string of the molecule is O=C(Cc1cc2sc(NCC(O)C(F)(F)F)nc2s1)Nc1ccc(F)cc1. The van der Waals surface area contributed by atoms with Gasteiger partial charge in [-0.2, -0.15) is 13.2 Å². The number of thiazole rings is 1. The van der Waals surface area contributed by atoms with E-state index in [0.717, 1.165) is 20.9 Å². The number of hydrogen-bond donors (Lipinski definition) is 3. The normalized spacial score (nSPS) is 12.9. The predicted molar refractivity (Wildman–Crippen MR) is 96.8 cm³/mol. The molecule has 27 heavy (non-hydrogen) atoms. The summed E-state index contributed by atoms with van der Waals surface area (Å²) in [5.41, 5.74) is 0.479. The number of nitrogens with one attached hydrogen (secondary N) is 2. The summed E-state index contributed by atoms with van der Waals surface area (Å²) in [5, 5.41) is 14.4. The van der Waals surface area contributed by atoms with Crippen LogP contribution in [0, 0.1) is 5.82 Å². The fourth-order valence-corrected chi connectivity index (χ4v) is 4.28. The Kier molecular flexibility index (Phi) is 5.63. The topological polar surface area (TPSA) is 74.2 Å². The maximum Gasteiger partial charge on any atom is 0.416 e. The molecule has 0 radical (unpaired) electrons. The van der Waals surface area contributed by atoms with Crippen LogP contribution in [0.3, 0.4) is 0 Å². The Hall–Kier alpha value is -2.24. The molecule has 3 N–H and O–H groups in total. The molecule has 2 heterocycles. The van der Waals surface area contributed by atoms with E-state index in [4.69, 9.17) is 5.11 Å². The molecular formula is C16H13F4N3O2S2. The van der Waals surface area contributed by atoms with Crippen molar-refractivity contribution in [1.29, 1.82) is 0 Å². The maximum absolute atomic E-state index is 12.9. The van der Waals surface area contributed by atoms with E-state index < -0.39 is 24.6 Å². The van der Waals surface area contributed by atoms with Crippen LogP contribution in [0.4, 0.5) is 28.4 Å². The molecule has 5 nitrogen and oxygen atoms in total. The number of nitrogens with zero attached hydrogens (tertiary/aromatic N) is 1. The van der Waals surface area contributed by atoms with Crippen LogP contribution in [0.15, 0.2) is 30.3 Å². The number of thiophene rings is 1. The van der Waals surface area contributed by atoms with Crippen LogP contribution in [0.5, 0.6) is 0 Å². The van der Waals surface area contributed by atoms with Crippen LogP contribution in [0.1, 0.15) is 4.88 Å². The first kappa shape index (κ1) is 19.5. The lowest BCUT2D eigenvalue weighted by molar-refractivity contribution is -0.198. The molecule has 0 saturated carbocycles. The molecular weight excluding hydrogens is 406 g/mol. The van der Waals surface area contributed by atoms with Crippen molar-refractivity contribution in [2.45, 2.75) is 18.7 Å². The number of carbonyl (C=O) groups excluding carboxylic acids is 1. The van der Waals surface area contributed by atoms with Gasteiger partial charge in [-0.3, -0.25) is 4.79 Å². The minimum atomic E-state index is -4.69. The highest BCUT2D eigenvalue weighted by atomic mass is 32.1. The molecule has 0 saturated heterocycles. The minimum absolute atomic E-state index is 0.0979. The zero-order valence-corrected chi connectivity index (χ0v) is 15.1. The Morgan fingerprint density at radius 1 is 1.22 bits per heavy atom. The van der Waals surface area contributed by atoms with Crippen LogP contribution in [0.25, 0.3) is 9.53 Å². The highest BCUT2D eigenvalue weighted by Crippen LogP contribution is 2.33. The first-order valence-electron chi connectivity index (χ1n) is 7.64. The lowest BCUT2D eigenvalue weighted by Crippen LogP contribution is -2.34. The van der Waals surface area contributed by atoms with Gasteiger partial charge in [0.2, 0.25) is 5.91 Å². The summed E-state index contributed by atoms with van der Waals surface area (Å²) in [6.45, 7) is -0.683. The summed E-state index contributed by atoms with van der Waals surface area (Å²) in [5.74, 6) is -0.674. The van der Waals surface area contributed by atoms with E-state index in [2.05, 4.69) is 15.6 Å². The number of rotatable bonds is 6. The van der Waals surface area contributed by atoms with Gasteiger partial charge in [-0.25, -0.2) is 9.37 Å². The number of anilines is 2. The third-order valence-corrected chi connectivity index (χ3v) is 5.55. The van der Waals surface area contributed by atoms with Gasteiger partial charge in [0, 0.05) is 10.6 Å². The number of halogens is 4. The van der Waals surface area contributed by atoms with E-state index in [1.54, 1.807) is 6.07 Å². The number of alkyl halides is 3. The quantitative estimate of drug-likeness (QED) is 0.528. The summed E-state index contributed by atoms with van der Waals surface area (Å²) in [7, 11) is 0. The number of amides is 1. The third-order valence-electron chi connectivity index (χ3n) is 3.43. The molecule has 0 aliphatic heterocycles. The van der Waals surface area contributed by atoms with Crippen LogP contribution in [-0.2, 0) is 11.2 Å². The standard InChI is InChI=1S/C16H13F4N3O2S2/c17-8-1-3-9(4-2-8)22-13(25)6-10-5-11-14(26-10)23-15(27-11)21-7-12(24)16(18,19)20/h1-5,12,24H,6-7H2,(H,21,23)(H,22,25). The number of aliphatic hydroxyl groups is 1. The Morgan fingerprint density at radius 2 is 1.93 bits per heavy atom. The summed E-state index contributed by atoms with van der Waals surface area (Å²) in [4.78, 5) is 17.5. The van der Waals surface area contributed by atoms with Crippen molar-refractivity contribution in [3.05, 3.63) is 41.0 Å². The van der Waals surface area contributed by atoms with E-state index in [1.165, 1.54) is 35.6 Å². The lowest BCUT2D eigenvalue weighted by Gasteiger charge is -2.14. The molecule has 0 bridgehead atoms. The minimum Gasteiger partial charge on any atom is -0.382 e. The van der Waals surface area contributed by atoms with E-state index >= 15 is 0 Å². The van der Waals surface area contributed by atoms with Crippen molar-refractivity contribution >= 4 is 48.9 Å². The fraction of sp³-hybridized carbons (Fsp3) is 0.250. The van der Waals surface area contributed by atoms with E-state index in [1.807, 2.05) is 0 Å². The number of aliphatic hydroxyl groups excluding tert-OH is 1. The third kappa shape index (κ3) is 5.15. The Balaban J connectivity index is 1.58. The molecule has 3 aromatic rings. The molecule has 2 aromatic heterocycles. The van der Waals surface area contributed by atoms with E-state index in [9.17, 15) is 22.4 Å². The number of fused-ring (bicyclic) bond motifs is 1. The van der Waals surface area contributed by atoms with Crippen molar-refractivity contribution in [2.75, 3.05) is 17.2 Å². The van der Waals surface area contributed by atoms with Crippen molar-refractivity contribution < 1.29 is 27.5 Å². The second-order valence-electron chi connectivity index (χ2n) is 5.57. The Morgan fingerprint density at radius 3 is 2.56 bits per heavy atom. The molecule has 0 aliphatic rings. The van der Waals surface area contributed by atoms with E-state index in [0.29, 0.717) is 10.5 Å². The molecule has 0 aliphatic carbocycles. The number of hydrogen-bond acceptors (Lipinski definition) is 6. The predicted octanol–water partition coefficient (Wildman–Crippen LogP) is 4.01. The molecule has 1 atom stereocenters. The Labute approximate surface area is 158 Å². The van der Waals surface area contributed by atoms with Crippen LogP contribution >= 0.6 is 22.7 Å². The van der Waals surface area contributed by atoms with Gasteiger partial charge >= 0.3 is 6.18 Å². The number of aromatic nitrogens is 1. The monoisotopic (exact) mass is 419 g/mol. The summed E-state index contributed by atoms with van der Waals surface area (Å²) in [6, 6.07) is 7.13. The molecule has 11 heteroatoms. The molecule has 0 fully saturated rings. The van der Waals surface area contributed by atoms with Gasteiger partial charge in [-0.1, -0.05) is 11.3 Å². The van der Waals surface area contributed by atoms with Gasteiger partial charge in [0.15, 0.2) is 11.2 Å². The highest BCUT2D eigenvalue weighted by Gasteiger charge is 2.38. The molecule has 1 aromatic carbocycles. The molecule has 144 valence electrons. The molecule has 1 amide bonds. The molecule has 0 spiro atoms. The van der Waals surface area contributed by atoms with Crippen molar-refractivity contribution in [3.63, 3.8) is 0 Å². The van der Waals surface area contributed by atoms with Crippen molar-refractivity contribution in [3.8, 4) is 0 Å². The van der Waals surface area contributed by atoms with Gasteiger partial charge in [0.05, 0.1) is 17.7 Å².